The first-order valence-corrected chi connectivity index (χ1v) is 5.40. The molecule has 1 N–H and O–H groups in total. The molecule has 1 aromatic carbocycles. The first-order valence-electron chi connectivity index (χ1n) is 5.40. The lowest BCUT2D eigenvalue weighted by Gasteiger charge is -2.00. The van der Waals surface area contributed by atoms with Crippen molar-refractivity contribution in [2.45, 2.75) is 19.3 Å². The number of hydrogen-bond donors (Lipinski definition) is 1. The highest BCUT2D eigenvalue weighted by molar-refractivity contribution is 5.76. The molecule has 4 nitrogen and oxygen atoms in total. The van der Waals surface area contributed by atoms with Gasteiger partial charge in [-0.05, 0) is 25.0 Å². The Kier molecular flexibility index (Phi) is 3.23. The SMILES string of the molecule is O=C(O)CCCc1cc2ccccc2oc1=O. The van der Waals surface area contributed by atoms with Crippen molar-refractivity contribution in [3.05, 3.63) is 46.3 Å². The lowest BCUT2D eigenvalue weighted by molar-refractivity contribution is -0.137. The number of carboxylic acid groups (broad SMARTS) is 1. The molecule has 0 radical (unpaired) electrons. The van der Waals surface area contributed by atoms with Crippen molar-refractivity contribution in [3.63, 3.8) is 0 Å². The molecule has 4 heteroatoms. The van der Waals surface area contributed by atoms with E-state index >= 15 is 0 Å². The van der Waals surface area contributed by atoms with Crippen LogP contribution in [0.3, 0.4) is 0 Å². The van der Waals surface area contributed by atoms with Gasteiger partial charge in [0, 0.05) is 17.4 Å². The van der Waals surface area contributed by atoms with E-state index in [0.29, 0.717) is 24.0 Å². The highest BCUT2D eigenvalue weighted by Gasteiger charge is 2.05. The number of carbonyl (C=O) groups is 1. The lowest BCUT2D eigenvalue weighted by atomic mass is 10.1. The second-order valence-electron chi connectivity index (χ2n) is 3.84. The molecular weight excluding hydrogens is 220 g/mol. The predicted octanol–water partition coefficient (Wildman–Crippen LogP) is 2.20. The third kappa shape index (κ3) is 2.72. The minimum absolute atomic E-state index is 0.0618. The zero-order valence-corrected chi connectivity index (χ0v) is 9.18. The molecule has 0 aliphatic carbocycles. The van der Waals surface area contributed by atoms with E-state index in [1.54, 1.807) is 18.2 Å². The molecule has 0 fully saturated rings. The minimum atomic E-state index is -0.852. The Balaban J connectivity index is 2.25. The van der Waals surface area contributed by atoms with Crippen LogP contribution in [0, 0.1) is 0 Å². The number of fused-ring (bicyclic) bond motifs is 1. The van der Waals surface area contributed by atoms with Crippen LogP contribution in [-0.4, -0.2) is 11.1 Å². The van der Waals surface area contributed by atoms with Gasteiger partial charge in [0.15, 0.2) is 0 Å². The number of hydrogen-bond acceptors (Lipinski definition) is 3. The second kappa shape index (κ2) is 4.82. The molecule has 0 saturated heterocycles. The molecule has 0 saturated carbocycles. The topological polar surface area (TPSA) is 67.5 Å². The summed E-state index contributed by atoms with van der Waals surface area (Å²) in [5.74, 6) is -0.852. The molecule has 0 unspecified atom stereocenters. The van der Waals surface area contributed by atoms with Crippen LogP contribution in [0.4, 0.5) is 0 Å². The highest BCUT2D eigenvalue weighted by Crippen LogP contribution is 2.13. The molecule has 0 spiro atoms. The number of aryl methyl sites for hydroxylation is 1. The van der Waals surface area contributed by atoms with Gasteiger partial charge in [-0.3, -0.25) is 4.79 Å². The summed E-state index contributed by atoms with van der Waals surface area (Å²) in [6, 6.07) is 9.03. The molecule has 17 heavy (non-hydrogen) atoms. The van der Waals surface area contributed by atoms with Gasteiger partial charge in [-0.15, -0.1) is 0 Å². The molecule has 2 aromatic rings. The second-order valence-corrected chi connectivity index (χ2v) is 3.84. The maximum atomic E-state index is 11.6. The van der Waals surface area contributed by atoms with Gasteiger partial charge in [-0.25, -0.2) is 4.79 Å². The number of benzene rings is 1. The fraction of sp³-hybridized carbons (Fsp3) is 0.231. The quantitative estimate of drug-likeness (QED) is 0.820. The van der Waals surface area contributed by atoms with Crippen LogP contribution in [0.5, 0.6) is 0 Å². The standard InChI is InChI=1S/C13H12O4/c14-12(15)7-3-5-10-8-9-4-1-2-6-11(9)17-13(10)16/h1-2,4,6,8H,3,5,7H2,(H,14,15). The normalized spacial score (nSPS) is 10.6. The average Bonchev–Trinajstić information content (AvgIpc) is 2.29. The van der Waals surface area contributed by atoms with Crippen molar-refractivity contribution >= 4 is 16.9 Å². The Labute approximate surface area is 97.5 Å². The number of aliphatic carboxylic acids is 1. The zero-order chi connectivity index (χ0) is 12.3. The summed E-state index contributed by atoms with van der Waals surface area (Å²) in [6.07, 6.45) is 0.935. The fourth-order valence-corrected chi connectivity index (χ4v) is 1.71. The molecule has 0 aliphatic rings. The largest absolute Gasteiger partial charge is 0.481 e. The van der Waals surface area contributed by atoms with Crippen molar-refractivity contribution < 1.29 is 14.3 Å². The van der Waals surface area contributed by atoms with Gasteiger partial charge in [0.25, 0.3) is 0 Å². The average molecular weight is 232 g/mol. The van der Waals surface area contributed by atoms with Gasteiger partial charge in [0.05, 0.1) is 0 Å². The van der Waals surface area contributed by atoms with Crippen molar-refractivity contribution in [2.24, 2.45) is 0 Å². The van der Waals surface area contributed by atoms with Crippen LogP contribution in [0.2, 0.25) is 0 Å². The van der Waals surface area contributed by atoms with Gasteiger partial charge in [0.2, 0.25) is 0 Å². The molecule has 0 aliphatic heterocycles. The van der Waals surface area contributed by atoms with Crippen molar-refractivity contribution in [3.8, 4) is 0 Å². The Bertz CT molecular complexity index is 598. The van der Waals surface area contributed by atoms with Crippen molar-refractivity contribution in [1.29, 1.82) is 0 Å². The zero-order valence-electron chi connectivity index (χ0n) is 9.18. The summed E-state index contributed by atoms with van der Waals surface area (Å²) < 4.78 is 5.15. The molecular formula is C13H12O4. The molecule has 0 atom stereocenters. The third-order valence-electron chi connectivity index (χ3n) is 2.55. The van der Waals surface area contributed by atoms with Crippen molar-refractivity contribution in [2.75, 3.05) is 0 Å². The number of rotatable bonds is 4. The van der Waals surface area contributed by atoms with Crippen LogP contribution in [0.15, 0.2) is 39.5 Å². The summed E-state index contributed by atoms with van der Waals surface area (Å²) in [7, 11) is 0. The molecule has 88 valence electrons. The van der Waals surface area contributed by atoms with Crippen LogP contribution in [0.1, 0.15) is 18.4 Å². The minimum Gasteiger partial charge on any atom is -0.481 e. The number of para-hydroxylation sites is 1. The first kappa shape index (κ1) is 11.4. The van der Waals surface area contributed by atoms with E-state index in [1.807, 2.05) is 12.1 Å². The van der Waals surface area contributed by atoms with E-state index in [-0.39, 0.29) is 12.0 Å². The monoisotopic (exact) mass is 232 g/mol. The highest BCUT2D eigenvalue weighted by atomic mass is 16.4. The first-order chi connectivity index (χ1) is 8.16. The molecule has 1 heterocycles. The Morgan fingerprint density at radius 1 is 1.29 bits per heavy atom. The van der Waals surface area contributed by atoms with Crippen LogP contribution in [-0.2, 0) is 11.2 Å². The van der Waals surface area contributed by atoms with Gasteiger partial charge >= 0.3 is 11.6 Å². The van der Waals surface area contributed by atoms with Gasteiger partial charge in [-0.1, -0.05) is 18.2 Å². The maximum absolute atomic E-state index is 11.6. The summed E-state index contributed by atoms with van der Waals surface area (Å²) in [6.45, 7) is 0. The Morgan fingerprint density at radius 3 is 2.82 bits per heavy atom. The van der Waals surface area contributed by atoms with Crippen LogP contribution >= 0.6 is 0 Å². The predicted molar refractivity (Wildman–Crippen MR) is 63.1 cm³/mol. The van der Waals surface area contributed by atoms with E-state index in [9.17, 15) is 9.59 Å². The summed E-state index contributed by atoms with van der Waals surface area (Å²) in [5, 5.41) is 9.39. The fourth-order valence-electron chi connectivity index (χ4n) is 1.71. The smallest absolute Gasteiger partial charge is 0.339 e. The molecule has 0 bridgehead atoms. The Morgan fingerprint density at radius 2 is 2.06 bits per heavy atom. The lowest BCUT2D eigenvalue weighted by Crippen LogP contribution is -2.08. The van der Waals surface area contributed by atoms with E-state index in [4.69, 9.17) is 9.52 Å². The summed E-state index contributed by atoms with van der Waals surface area (Å²) in [4.78, 5) is 22.0. The van der Waals surface area contributed by atoms with Crippen LogP contribution in [0.25, 0.3) is 11.0 Å². The van der Waals surface area contributed by atoms with E-state index < -0.39 is 5.97 Å². The van der Waals surface area contributed by atoms with E-state index in [1.165, 1.54) is 0 Å². The van der Waals surface area contributed by atoms with E-state index in [2.05, 4.69) is 0 Å². The Hall–Kier alpha value is -2.10. The van der Waals surface area contributed by atoms with Crippen molar-refractivity contribution in [1.82, 2.24) is 0 Å². The summed E-state index contributed by atoms with van der Waals surface area (Å²) in [5.41, 5.74) is 0.707. The third-order valence-corrected chi connectivity index (χ3v) is 2.55. The van der Waals surface area contributed by atoms with Gasteiger partial charge in [-0.2, -0.15) is 0 Å². The molecule has 1 aromatic heterocycles. The van der Waals surface area contributed by atoms with E-state index in [0.717, 1.165) is 5.39 Å². The number of carboxylic acids is 1. The molecule has 2 rings (SSSR count). The van der Waals surface area contributed by atoms with Gasteiger partial charge < -0.3 is 9.52 Å². The van der Waals surface area contributed by atoms with Crippen LogP contribution < -0.4 is 5.63 Å². The summed E-state index contributed by atoms with van der Waals surface area (Å²) >= 11 is 0. The van der Waals surface area contributed by atoms with Gasteiger partial charge in [0.1, 0.15) is 5.58 Å². The molecule has 0 amide bonds. The maximum Gasteiger partial charge on any atom is 0.339 e.